The summed E-state index contributed by atoms with van der Waals surface area (Å²) in [4.78, 5) is 34.7. The molecule has 3 aromatic rings. The third-order valence-corrected chi connectivity index (χ3v) is 5.89. The number of hydrogen-bond acceptors (Lipinski definition) is 7. The second kappa shape index (κ2) is 9.44. The van der Waals surface area contributed by atoms with E-state index in [-0.39, 0.29) is 21.7 Å². The van der Waals surface area contributed by atoms with Crippen LogP contribution in [0.5, 0.6) is 0 Å². The van der Waals surface area contributed by atoms with Gasteiger partial charge in [-0.1, -0.05) is 23.8 Å². The zero-order valence-corrected chi connectivity index (χ0v) is 18.4. The Kier molecular flexibility index (Phi) is 6.68. The lowest BCUT2D eigenvalue weighted by Gasteiger charge is -2.06. The lowest BCUT2D eigenvalue weighted by molar-refractivity contribution is -0.384. The first kappa shape index (κ1) is 23.3. The van der Waals surface area contributed by atoms with Gasteiger partial charge in [-0.2, -0.15) is 5.10 Å². The van der Waals surface area contributed by atoms with Crippen molar-refractivity contribution in [3.8, 4) is 0 Å². The van der Waals surface area contributed by atoms with Crippen molar-refractivity contribution in [1.29, 1.82) is 0 Å². The van der Waals surface area contributed by atoms with Gasteiger partial charge in [0.05, 0.1) is 27.3 Å². The number of non-ortho nitro benzene ring substituents is 1. The van der Waals surface area contributed by atoms with E-state index in [4.69, 9.17) is 0 Å². The van der Waals surface area contributed by atoms with Crippen LogP contribution in [-0.2, 0) is 17.1 Å². The summed E-state index contributed by atoms with van der Waals surface area (Å²) in [6, 6.07) is 12.6. The number of nitrogens with zero attached hydrogens (tertiary/aromatic N) is 3. The topological polar surface area (TPSA) is 153 Å². The first-order chi connectivity index (χ1) is 15.6. The minimum atomic E-state index is -4.04. The number of carbonyl (C=O) groups excluding carboxylic acids is 2. The quantitative estimate of drug-likeness (QED) is 0.307. The second-order valence-corrected chi connectivity index (χ2v) is 8.70. The molecule has 2 aromatic carbocycles. The maximum Gasteiger partial charge on any atom is 0.271 e. The first-order valence-corrected chi connectivity index (χ1v) is 10.9. The van der Waals surface area contributed by atoms with E-state index < -0.39 is 26.8 Å². The van der Waals surface area contributed by atoms with Gasteiger partial charge in [0.1, 0.15) is 0 Å². The predicted molar refractivity (Wildman–Crippen MR) is 119 cm³/mol. The molecule has 2 N–H and O–H groups in total. The number of sulfonamides is 1. The van der Waals surface area contributed by atoms with E-state index in [1.165, 1.54) is 53.4 Å². The number of nitro groups is 1. The van der Waals surface area contributed by atoms with Crippen LogP contribution in [0.1, 0.15) is 32.0 Å². The fraction of sp³-hybridized carbons (Fsp3) is 0.0952. The van der Waals surface area contributed by atoms with Crippen molar-refractivity contribution in [2.24, 2.45) is 12.1 Å². The lowest BCUT2D eigenvalue weighted by atomic mass is 10.2. The van der Waals surface area contributed by atoms with E-state index in [1.807, 2.05) is 11.6 Å². The van der Waals surface area contributed by atoms with Gasteiger partial charge in [0.15, 0.2) is 0 Å². The van der Waals surface area contributed by atoms with Crippen molar-refractivity contribution < 1.29 is 22.9 Å². The van der Waals surface area contributed by atoms with Crippen LogP contribution in [0, 0.1) is 17.0 Å². The number of rotatable bonds is 7. The summed E-state index contributed by atoms with van der Waals surface area (Å²) in [5.41, 5.74) is 3.41. The molecule has 0 radical (unpaired) electrons. The van der Waals surface area contributed by atoms with Gasteiger partial charge in [-0.05, 0) is 31.2 Å². The Labute approximate surface area is 188 Å². The smallest absolute Gasteiger partial charge is 0.271 e. The number of carbonyl (C=O) groups is 2. The van der Waals surface area contributed by atoms with Gasteiger partial charge in [0.25, 0.3) is 27.5 Å². The molecule has 170 valence electrons. The van der Waals surface area contributed by atoms with Crippen molar-refractivity contribution in [3.05, 3.63) is 93.3 Å². The highest BCUT2D eigenvalue weighted by Gasteiger charge is 2.20. The molecular weight excluding hydrogens is 450 g/mol. The van der Waals surface area contributed by atoms with E-state index in [1.54, 1.807) is 19.2 Å². The van der Waals surface area contributed by atoms with Gasteiger partial charge < -0.3 is 4.57 Å². The SMILES string of the molecule is Cc1ccc(S(=O)(=O)NC(=O)c2cc(C=NNC(=O)c3cccc([N+](=O)[O-])c3)n(C)c2)cc1. The molecule has 11 nitrogen and oxygen atoms in total. The van der Waals surface area contributed by atoms with E-state index >= 15 is 0 Å². The number of hydrazone groups is 1. The van der Waals surface area contributed by atoms with Crippen molar-refractivity contribution in [3.63, 3.8) is 0 Å². The normalized spacial score (nSPS) is 11.3. The van der Waals surface area contributed by atoms with Crippen LogP contribution in [0.25, 0.3) is 0 Å². The highest BCUT2D eigenvalue weighted by molar-refractivity contribution is 7.90. The maximum absolute atomic E-state index is 12.4. The number of benzene rings is 2. The third-order valence-electron chi connectivity index (χ3n) is 4.55. The van der Waals surface area contributed by atoms with Crippen molar-refractivity contribution >= 4 is 33.7 Å². The Hall–Kier alpha value is -4.32. The fourth-order valence-electron chi connectivity index (χ4n) is 2.77. The predicted octanol–water partition coefficient (Wildman–Crippen LogP) is 2.12. The summed E-state index contributed by atoms with van der Waals surface area (Å²) in [5.74, 6) is -1.49. The van der Waals surface area contributed by atoms with Crippen LogP contribution in [0.3, 0.4) is 0 Å². The van der Waals surface area contributed by atoms with Crippen molar-refractivity contribution in [1.82, 2.24) is 14.7 Å². The summed E-state index contributed by atoms with van der Waals surface area (Å²) in [6.45, 7) is 1.81. The van der Waals surface area contributed by atoms with E-state index in [0.717, 1.165) is 11.6 Å². The highest BCUT2D eigenvalue weighted by Crippen LogP contribution is 2.14. The molecule has 33 heavy (non-hydrogen) atoms. The molecule has 1 aromatic heterocycles. The summed E-state index contributed by atoms with van der Waals surface area (Å²) in [6.07, 6.45) is 2.66. The molecule has 0 aliphatic rings. The second-order valence-electron chi connectivity index (χ2n) is 7.02. The van der Waals surface area contributed by atoms with Crippen LogP contribution in [0.4, 0.5) is 5.69 Å². The highest BCUT2D eigenvalue weighted by atomic mass is 32.2. The molecule has 0 spiro atoms. The average molecular weight is 469 g/mol. The number of nitro benzene ring substituents is 1. The first-order valence-electron chi connectivity index (χ1n) is 9.45. The molecule has 0 bridgehead atoms. The largest absolute Gasteiger partial charge is 0.349 e. The third kappa shape index (κ3) is 5.68. The van der Waals surface area contributed by atoms with Gasteiger partial charge >= 0.3 is 0 Å². The molecular formula is C21H19N5O6S. The molecule has 0 fully saturated rings. The summed E-state index contributed by atoms with van der Waals surface area (Å²) in [7, 11) is -2.44. The molecule has 3 rings (SSSR count). The maximum atomic E-state index is 12.4. The average Bonchev–Trinajstić information content (AvgIpc) is 3.14. The Bertz CT molecular complexity index is 1360. The fourth-order valence-corrected chi connectivity index (χ4v) is 3.75. The molecule has 12 heteroatoms. The Morgan fingerprint density at radius 1 is 1.06 bits per heavy atom. The number of hydrogen-bond donors (Lipinski definition) is 2. The molecule has 0 saturated carbocycles. The van der Waals surface area contributed by atoms with Crippen molar-refractivity contribution in [2.75, 3.05) is 0 Å². The van der Waals surface area contributed by atoms with E-state index in [9.17, 15) is 28.1 Å². The van der Waals surface area contributed by atoms with Gasteiger partial charge in [0, 0.05) is 30.9 Å². The van der Waals surface area contributed by atoms with E-state index in [0.29, 0.717) is 5.69 Å². The number of aryl methyl sites for hydroxylation is 2. The van der Waals surface area contributed by atoms with Gasteiger partial charge in [-0.3, -0.25) is 19.7 Å². The molecule has 0 unspecified atom stereocenters. The molecule has 2 amide bonds. The van der Waals surface area contributed by atoms with Crippen LogP contribution in [-0.4, -0.2) is 35.9 Å². The Balaban J connectivity index is 1.68. The number of amides is 2. The molecule has 0 aliphatic heterocycles. The van der Waals surface area contributed by atoms with Crippen LogP contribution < -0.4 is 10.1 Å². The summed E-state index contributed by atoms with van der Waals surface area (Å²) in [5, 5.41) is 14.6. The van der Waals surface area contributed by atoms with E-state index in [2.05, 4.69) is 10.5 Å². The molecule has 0 atom stereocenters. The molecule has 1 heterocycles. The monoisotopic (exact) mass is 469 g/mol. The van der Waals surface area contributed by atoms with Crippen LogP contribution in [0.2, 0.25) is 0 Å². The Morgan fingerprint density at radius 3 is 2.42 bits per heavy atom. The summed E-state index contributed by atoms with van der Waals surface area (Å²) < 4.78 is 28.3. The van der Waals surface area contributed by atoms with Gasteiger partial charge in [-0.15, -0.1) is 0 Å². The zero-order valence-electron chi connectivity index (χ0n) is 17.6. The zero-order chi connectivity index (χ0) is 24.2. The number of aromatic nitrogens is 1. The van der Waals surface area contributed by atoms with Crippen LogP contribution >= 0.6 is 0 Å². The molecule has 0 saturated heterocycles. The molecule has 0 aliphatic carbocycles. The lowest BCUT2D eigenvalue weighted by Crippen LogP contribution is -2.30. The summed E-state index contributed by atoms with van der Waals surface area (Å²) >= 11 is 0. The standard InChI is InChI=1S/C21H19N5O6S/c1-14-6-8-19(9-7-14)33(31,32)24-21(28)16-11-18(25(2)13-16)12-22-23-20(27)15-4-3-5-17(10-15)26(29)30/h3-13H,1-2H3,(H,23,27)(H,24,28). The minimum absolute atomic E-state index is 0.0389. The van der Waals surface area contributed by atoms with Crippen LogP contribution in [0.15, 0.2) is 70.8 Å². The number of nitrogens with one attached hydrogen (secondary N) is 2. The Morgan fingerprint density at radius 2 is 1.76 bits per heavy atom. The minimum Gasteiger partial charge on any atom is -0.349 e. The van der Waals surface area contributed by atoms with Gasteiger partial charge in [0.2, 0.25) is 0 Å². The van der Waals surface area contributed by atoms with Gasteiger partial charge in [-0.25, -0.2) is 18.6 Å². The van der Waals surface area contributed by atoms with Crippen molar-refractivity contribution in [2.45, 2.75) is 11.8 Å².